The minimum absolute atomic E-state index is 0.249. The molecule has 1 aromatic carbocycles. The van der Waals surface area contributed by atoms with E-state index in [1.54, 1.807) is 17.5 Å². The highest BCUT2D eigenvalue weighted by Gasteiger charge is 2.36. The van der Waals surface area contributed by atoms with Gasteiger partial charge >= 0.3 is 0 Å². The van der Waals surface area contributed by atoms with E-state index in [0.717, 1.165) is 21.9 Å². The highest BCUT2D eigenvalue weighted by Crippen LogP contribution is 2.43. The Hall–Kier alpha value is -2.38. The number of likely N-dealkylation sites (tertiary alicyclic amines) is 1. The van der Waals surface area contributed by atoms with E-state index in [4.69, 9.17) is 4.98 Å². The maximum Gasteiger partial charge on any atom is 0.275 e. The van der Waals surface area contributed by atoms with Crippen molar-refractivity contribution < 1.29 is 4.79 Å². The smallest absolute Gasteiger partial charge is 0.275 e. The van der Waals surface area contributed by atoms with Crippen molar-refractivity contribution in [1.29, 1.82) is 0 Å². The Bertz CT molecular complexity index is 977. The molecular weight excluding hydrogens is 370 g/mol. The molecule has 6 nitrogen and oxygen atoms in total. The van der Waals surface area contributed by atoms with Gasteiger partial charge in [0.2, 0.25) is 0 Å². The van der Waals surface area contributed by atoms with Gasteiger partial charge in [0.05, 0.1) is 21.4 Å². The molecule has 1 saturated carbocycles. The van der Waals surface area contributed by atoms with Crippen molar-refractivity contribution in [3.05, 3.63) is 47.5 Å². The number of hydrogen-bond donors (Lipinski definition) is 1. The maximum atomic E-state index is 12.3. The normalized spacial score (nSPS) is 22.7. The first-order valence-electron chi connectivity index (χ1n) is 9.98. The number of benzene rings is 1. The predicted octanol–water partition coefficient (Wildman–Crippen LogP) is 4.07. The van der Waals surface area contributed by atoms with Crippen LogP contribution in [0.3, 0.4) is 0 Å². The van der Waals surface area contributed by atoms with Crippen LogP contribution in [0.4, 0.5) is 5.69 Å². The third-order valence-corrected chi connectivity index (χ3v) is 7.01. The second-order valence-corrected chi connectivity index (χ2v) is 8.76. The van der Waals surface area contributed by atoms with Crippen LogP contribution in [0.5, 0.6) is 0 Å². The summed E-state index contributed by atoms with van der Waals surface area (Å²) >= 11 is 1.76. The fraction of sp³-hybridized carbons (Fsp3) is 0.429. The molecule has 1 aliphatic carbocycles. The third-order valence-electron chi connectivity index (χ3n) is 5.83. The molecule has 1 saturated heterocycles. The first-order valence-corrected chi connectivity index (χ1v) is 10.8. The summed E-state index contributed by atoms with van der Waals surface area (Å²) in [7, 11) is 0. The highest BCUT2D eigenvalue weighted by molar-refractivity contribution is 7.18. The van der Waals surface area contributed by atoms with E-state index >= 15 is 0 Å². The Labute approximate surface area is 168 Å². The monoisotopic (exact) mass is 393 g/mol. The molecule has 2 aliphatic rings. The quantitative estimate of drug-likeness (QED) is 0.723. The van der Waals surface area contributed by atoms with Crippen LogP contribution in [-0.2, 0) is 0 Å². The average molecular weight is 394 g/mol. The zero-order valence-electron chi connectivity index (χ0n) is 15.7. The molecule has 144 valence electrons. The first-order chi connectivity index (χ1) is 13.8. The Kier molecular flexibility index (Phi) is 4.78. The molecule has 5 rings (SSSR count). The fourth-order valence-electron chi connectivity index (χ4n) is 4.18. The van der Waals surface area contributed by atoms with Crippen molar-refractivity contribution >= 4 is 33.1 Å². The van der Waals surface area contributed by atoms with Crippen molar-refractivity contribution in [2.45, 2.75) is 44.1 Å². The van der Waals surface area contributed by atoms with Crippen LogP contribution in [0.2, 0.25) is 0 Å². The van der Waals surface area contributed by atoms with E-state index in [0.29, 0.717) is 11.6 Å². The van der Waals surface area contributed by atoms with Gasteiger partial charge in [-0.05, 0) is 57.0 Å². The second kappa shape index (κ2) is 7.56. The second-order valence-electron chi connectivity index (χ2n) is 7.70. The Morgan fingerprint density at radius 3 is 2.79 bits per heavy atom. The van der Waals surface area contributed by atoms with Gasteiger partial charge in [0, 0.05) is 30.0 Å². The fourth-order valence-corrected chi connectivity index (χ4v) is 5.31. The number of carbonyl (C=O) groups excluding carboxylic acids is 1. The summed E-state index contributed by atoms with van der Waals surface area (Å²) in [4.78, 5) is 27.8. The molecule has 3 heterocycles. The SMILES string of the molecule is O=C(Nc1ccc2nc([C@H]3C[C@@H](N4CCCCC4)C3)sc2c1)c1cnccn1. The zero-order chi connectivity index (χ0) is 18.9. The number of piperidine rings is 1. The van der Waals surface area contributed by atoms with E-state index in [9.17, 15) is 4.79 Å². The number of aromatic nitrogens is 3. The molecular formula is C21H23N5OS. The summed E-state index contributed by atoms with van der Waals surface area (Å²) < 4.78 is 1.12. The Morgan fingerprint density at radius 1 is 1.14 bits per heavy atom. The minimum atomic E-state index is -0.249. The molecule has 0 radical (unpaired) electrons. The van der Waals surface area contributed by atoms with Crippen LogP contribution in [0.25, 0.3) is 10.2 Å². The molecule has 1 aliphatic heterocycles. The van der Waals surface area contributed by atoms with E-state index in [1.807, 2.05) is 18.2 Å². The summed E-state index contributed by atoms with van der Waals surface area (Å²) in [5.41, 5.74) is 2.09. The summed E-state index contributed by atoms with van der Waals surface area (Å²) in [6.07, 6.45) is 11.1. The van der Waals surface area contributed by atoms with Crippen LogP contribution in [0.1, 0.15) is 53.5 Å². The summed E-state index contributed by atoms with van der Waals surface area (Å²) in [6, 6.07) is 6.64. The third kappa shape index (κ3) is 3.52. The lowest BCUT2D eigenvalue weighted by Gasteiger charge is -2.43. The van der Waals surface area contributed by atoms with Gasteiger partial charge in [0.25, 0.3) is 5.91 Å². The number of hydrogen-bond acceptors (Lipinski definition) is 6. The molecule has 0 atom stereocenters. The van der Waals surface area contributed by atoms with Gasteiger partial charge < -0.3 is 10.2 Å². The van der Waals surface area contributed by atoms with Crippen molar-refractivity contribution in [3.8, 4) is 0 Å². The summed E-state index contributed by atoms with van der Waals surface area (Å²) in [6.45, 7) is 2.54. The van der Waals surface area contributed by atoms with E-state index in [1.165, 1.54) is 62.6 Å². The van der Waals surface area contributed by atoms with Crippen molar-refractivity contribution in [1.82, 2.24) is 19.9 Å². The van der Waals surface area contributed by atoms with Gasteiger partial charge in [-0.2, -0.15) is 0 Å². The van der Waals surface area contributed by atoms with Gasteiger partial charge in [-0.3, -0.25) is 9.78 Å². The van der Waals surface area contributed by atoms with Crippen LogP contribution < -0.4 is 5.32 Å². The first kappa shape index (κ1) is 17.7. The highest BCUT2D eigenvalue weighted by atomic mass is 32.1. The molecule has 1 N–H and O–H groups in total. The topological polar surface area (TPSA) is 71.0 Å². The van der Waals surface area contributed by atoms with Crippen LogP contribution in [0.15, 0.2) is 36.8 Å². The van der Waals surface area contributed by atoms with Crippen molar-refractivity contribution in [2.75, 3.05) is 18.4 Å². The van der Waals surface area contributed by atoms with Crippen LogP contribution in [-0.4, -0.2) is 44.9 Å². The standard InChI is InChI=1S/C21H23N5OS/c27-20(18-13-22-6-7-23-18)24-15-4-5-17-19(12-15)28-21(25-17)14-10-16(11-14)26-8-2-1-3-9-26/h4-7,12-14,16H,1-3,8-11H2,(H,24,27)/t14-,16+. The van der Waals surface area contributed by atoms with Gasteiger partial charge in [-0.1, -0.05) is 6.42 Å². The van der Waals surface area contributed by atoms with Gasteiger partial charge in [0.15, 0.2) is 0 Å². The van der Waals surface area contributed by atoms with Crippen LogP contribution >= 0.6 is 11.3 Å². The number of amides is 1. The molecule has 1 amide bonds. The largest absolute Gasteiger partial charge is 0.321 e. The van der Waals surface area contributed by atoms with Gasteiger partial charge in [0.1, 0.15) is 5.69 Å². The van der Waals surface area contributed by atoms with Gasteiger partial charge in [-0.15, -0.1) is 11.3 Å². The minimum Gasteiger partial charge on any atom is -0.321 e. The molecule has 2 aromatic heterocycles. The molecule has 0 spiro atoms. The molecule has 3 aromatic rings. The Morgan fingerprint density at radius 2 is 2.00 bits per heavy atom. The number of rotatable bonds is 4. The lowest BCUT2D eigenvalue weighted by Crippen LogP contribution is -2.46. The average Bonchev–Trinajstić information content (AvgIpc) is 3.11. The number of anilines is 1. The predicted molar refractivity (Wildman–Crippen MR) is 111 cm³/mol. The Balaban J connectivity index is 1.26. The lowest BCUT2D eigenvalue weighted by atomic mass is 9.79. The van der Waals surface area contributed by atoms with Crippen molar-refractivity contribution in [3.63, 3.8) is 0 Å². The molecule has 2 fully saturated rings. The van der Waals surface area contributed by atoms with E-state index in [2.05, 4.69) is 20.2 Å². The molecule has 7 heteroatoms. The van der Waals surface area contributed by atoms with Crippen molar-refractivity contribution in [2.24, 2.45) is 0 Å². The van der Waals surface area contributed by atoms with E-state index in [-0.39, 0.29) is 5.91 Å². The lowest BCUT2D eigenvalue weighted by molar-refractivity contribution is 0.0888. The summed E-state index contributed by atoms with van der Waals surface area (Å²) in [5, 5.41) is 4.13. The number of nitrogens with one attached hydrogen (secondary N) is 1. The van der Waals surface area contributed by atoms with Crippen LogP contribution in [0, 0.1) is 0 Å². The number of fused-ring (bicyclic) bond motifs is 1. The molecule has 0 unspecified atom stereocenters. The number of nitrogens with zero attached hydrogens (tertiary/aromatic N) is 4. The van der Waals surface area contributed by atoms with E-state index < -0.39 is 0 Å². The maximum absolute atomic E-state index is 12.3. The molecule has 0 bridgehead atoms. The number of carbonyl (C=O) groups is 1. The number of thiazole rings is 1. The zero-order valence-corrected chi connectivity index (χ0v) is 16.5. The van der Waals surface area contributed by atoms with Gasteiger partial charge in [-0.25, -0.2) is 9.97 Å². The summed E-state index contributed by atoms with van der Waals surface area (Å²) in [5.74, 6) is 0.336. The molecule has 28 heavy (non-hydrogen) atoms.